The molecule has 1 aliphatic rings. The molecule has 2 aromatic heterocycles. The largest absolute Gasteiger partial charge is 0.384 e. The first-order valence-electron chi connectivity index (χ1n) is 6.22. The van der Waals surface area contributed by atoms with Crippen LogP contribution in [0.2, 0.25) is 0 Å². The smallest absolute Gasteiger partial charge is 0.144 e. The number of H-pyrrole nitrogens is 1. The van der Waals surface area contributed by atoms with E-state index >= 15 is 0 Å². The Balaban J connectivity index is 1.85. The molecule has 0 bridgehead atoms. The summed E-state index contributed by atoms with van der Waals surface area (Å²) < 4.78 is 0. The van der Waals surface area contributed by atoms with Crippen LogP contribution in [0.15, 0.2) is 12.3 Å². The summed E-state index contributed by atoms with van der Waals surface area (Å²) in [6.45, 7) is 0.503. The van der Waals surface area contributed by atoms with Crippen LogP contribution < -0.4 is 11.1 Å². The normalized spacial score (nSPS) is 13.0. The Kier molecular flexibility index (Phi) is 2.80. The molecule has 3 rings (SSSR count). The van der Waals surface area contributed by atoms with Crippen LogP contribution in [0.25, 0.3) is 0 Å². The van der Waals surface area contributed by atoms with Gasteiger partial charge in [-0.2, -0.15) is 10.4 Å². The fraction of sp³-hybridized carbons (Fsp3) is 0.308. The van der Waals surface area contributed by atoms with Crippen LogP contribution in [0.3, 0.4) is 0 Å². The lowest BCUT2D eigenvalue weighted by molar-refractivity contribution is 0.899. The molecule has 0 amide bonds. The van der Waals surface area contributed by atoms with Crippen molar-refractivity contribution in [2.45, 2.75) is 25.8 Å². The molecule has 0 atom stereocenters. The van der Waals surface area contributed by atoms with Crippen molar-refractivity contribution in [3.05, 3.63) is 34.6 Å². The number of nitrogen functional groups attached to an aromatic ring is 1. The topological polar surface area (TPSA) is 103 Å². The quantitative estimate of drug-likeness (QED) is 0.767. The number of aromatic nitrogens is 3. The highest BCUT2D eigenvalue weighted by Crippen LogP contribution is 2.25. The molecule has 0 spiro atoms. The lowest BCUT2D eigenvalue weighted by Crippen LogP contribution is -2.06. The second kappa shape index (κ2) is 4.61. The van der Waals surface area contributed by atoms with Crippen LogP contribution in [-0.4, -0.2) is 15.2 Å². The number of fused-ring (bicyclic) bond motifs is 1. The van der Waals surface area contributed by atoms with E-state index in [1.165, 1.54) is 5.56 Å². The van der Waals surface area contributed by atoms with Gasteiger partial charge in [0.15, 0.2) is 0 Å². The summed E-state index contributed by atoms with van der Waals surface area (Å²) in [5, 5.41) is 18.9. The minimum absolute atomic E-state index is 0.503. The van der Waals surface area contributed by atoms with Gasteiger partial charge in [0.2, 0.25) is 0 Å². The van der Waals surface area contributed by atoms with E-state index in [9.17, 15) is 5.26 Å². The number of nitriles is 1. The molecule has 6 heteroatoms. The van der Waals surface area contributed by atoms with E-state index in [0.29, 0.717) is 23.7 Å². The molecule has 0 saturated carbocycles. The lowest BCUT2D eigenvalue weighted by Gasteiger charge is -2.09. The van der Waals surface area contributed by atoms with Gasteiger partial charge in [-0.25, -0.2) is 4.98 Å². The highest BCUT2D eigenvalue weighted by molar-refractivity contribution is 5.55. The average molecular weight is 254 g/mol. The molecular formula is C13H14N6. The van der Waals surface area contributed by atoms with Gasteiger partial charge in [0.25, 0.3) is 0 Å². The van der Waals surface area contributed by atoms with Crippen LogP contribution in [0.5, 0.6) is 0 Å². The van der Waals surface area contributed by atoms with E-state index < -0.39 is 0 Å². The second-order valence-corrected chi connectivity index (χ2v) is 4.62. The number of aryl methyl sites for hydroxylation is 2. The number of hydrogen-bond acceptors (Lipinski definition) is 5. The summed E-state index contributed by atoms with van der Waals surface area (Å²) in [5.41, 5.74) is 9.47. The molecule has 19 heavy (non-hydrogen) atoms. The number of nitrogens with zero attached hydrogens (tertiary/aromatic N) is 3. The molecule has 0 aliphatic heterocycles. The SMILES string of the molecule is N#Cc1cc2c(nc1NCc1cn[nH]c1N)CCC2. The van der Waals surface area contributed by atoms with Crippen LogP contribution in [0.4, 0.5) is 11.6 Å². The number of rotatable bonds is 3. The molecular weight excluding hydrogens is 240 g/mol. The Hall–Kier alpha value is -2.55. The Morgan fingerprint density at radius 1 is 1.47 bits per heavy atom. The standard InChI is InChI=1S/C13H14N6/c14-5-9-4-8-2-1-3-11(8)18-13(9)16-6-10-7-17-19-12(10)15/h4,7H,1-3,6H2,(H,16,18)(H3,15,17,19). The van der Waals surface area contributed by atoms with Gasteiger partial charge in [-0.1, -0.05) is 0 Å². The Morgan fingerprint density at radius 2 is 2.37 bits per heavy atom. The van der Waals surface area contributed by atoms with Crippen molar-refractivity contribution < 1.29 is 0 Å². The van der Waals surface area contributed by atoms with E-state index in [1.54, 1.807) is 6.20 Å². The van der Waals surface area contributed by atoms with Crippen LogP contribution in [-0.2, 0) is 19.4 Å². The molecule has 2 heterocycles. The average Bonchev–Trinajstić information content (AvgIpc) is 3.03. The van der Waals surface area contributed by atoms with Gasteiger partial charge < -0.3 is 11.1 Å². The van der Waals surface area contributed by atoms with Gasteiger partial charge in [-0.05, 0) is 30.9 Å². The zero-order valence-electron chi connectivity index (χ0n) is 10.4. The number of aromatic amines is 1. The first kappa shape index (κ1) is 11.5. The number of nitrogens with one attached hydrogen (secondary N) is 2. The molecule has 0 aromatic carbocycles. The van der Waals surface area contributed by atoms with E-state index in [1.807, 2.05) is 6.07 Å². The van der Waals surface area contributed by atoms with Crippen LogP contribution >= 0.6 is 0 Å². The van der Waals surface area contributed by atoms with E-state index in [-0.39, 0.29) is 0 Å². The summed E-state index contributed by atoms with van der Waals surface area (Å²) in [5.74, 6) is 1.16. The van der Waals surface area contributed by atoms with Gasteiger partial charge in [0, 0.05) is 17.8 Å². The Labute approximate surface area is 110 Å². The maximum Gasteiger partial charge on any atom is 0.144 e. The van der Waals surface area contributed by atoms with Crippen molar-refractivity contribution in [3.8, 4) is 6.07 Å². The Morgan fingerprint density at radius 3 is 3.11 bits per heavy atom. The summed E-state index contributed by atoms with van der Waals surface area (Å²) in [4.78, 5) is 4.55. The van der Waals surface area contributed by atoms with Crippen molar-refractivity contribution in [2.24, 2.45) is 0 Å². The Bertz CT molecular complexity index is 652. The van der Waals surface area contributed by atoms with E-state index in [2.05, 4.69) is 26.6 Å². The number of nitrogens with two attached hydrogens (primary N) is 1. The molecule has 0 unspecified atom stereocenters. The highest BCUT2D eigenvalue weighted by Gasteiger charge is 2.16. The maximum absolute atomic E-state index is 9.19. The number of anilines is 2. The molecule has 0 saturated heterocycles. The fourth-order valence-corrected chi connectivity index (χ4v) is 2.33. The van der Waals surface area contributed by atoms with Crippen molar-refractivity contribution in [3.63, 3.8) is 0 Å². The first-order valence-corrected chi connectivity index (χ1v) is 6.22. The van der Waals surface area contributed by atoms with Crippen LogP contribution in [0.1, 0.15) is 28.8 Å². The molecule has 0 fully saturated rings. The van der Waals surface area contributed by atoms with Crippen molar-refractivity contribution in [1.82, 2.24) is 15.2 Å². The molecule has 6 nitrogen and oxygen atoms in total. The predicted molar refractivity (Wildman–Crippen MR) is 71.3 cm³/mol. The van der Waals surface area contributed by atoms with Crippen molar-refractivity contribution in [1.29, 1.82) is 5.26 Å². The zero-order chi connectivity index (χ0) is 13.2. The third-order valence-electron chi connectivity index (χ3n) is 3.37. The van der Waals surface area contributed by atoms with Crippen molar-refractivity contribution in [2.75, 3.05) is 11.1 Å². The summed E-state index contributed by atoms with van der Waals surface area (Å²) >= 11 is 0. The van der Waals surface area contributed by atoms with Gasteiger partial charge in [0.1, 0.15) is 17.7 Å². The minimum Gasteiger partial charge on any atom is -0.384 e. The van der Waals surface area contributed by atoms with Crippen molar-refractivity contribution >= 4 is 11.6 Å². The molecule has 4 N–H and O–H groups in total. The maximum atomic E-state index is 9.19. The third-order valence-corrected chi connectivity index (χ3v) is 3.37. The monoisotopic (exact) mass is 254 g/mol. The molecule has 2 aromatic rings. The third kappa shape index (κ3) is 2.10. The van der Waals surface area contributed by atoms with Gasteiger partial charge >= 0.3 is 0 Å². The van der Waals surface area contributed by atoms with Gasteiger partial charge in [-0.15, -0.1) is 0 Å². The second-order valence-electron chi connectivity index (χ2n) is 4.62. The molecule has 96 valence electrons. The summed E-state index contributed by atoms with van der Waals surface area (Å²) in [6.07, 6.45) is 4.79. The van der Waals surface area contributed by atoms with E-state index in [4.69, 9.17) is 5.73 Å². The zero-order valence-corrected chi connectivity index (χ0v) is 10.4. The van der Waals surface area contributed by atoms with E-state index in [0.717, 1.165) is 30.5 Å². The fourth-order valence-electron chi connectivity index (χ4n) is 2.33. The minimum atomic E-state index is 0.503. The number of pyridine rings is 1. The molecule has 0 radical (unpaired) electrons. The number of hydrogen-bond donors (Lipinski definition) is 3. The van der Waals surface area contributed by atoms with Gasteiger partial charge in [-0.3, -0.25) is 5.10 Å². The van der Waals surface area contributed by atoms with Gasteiger partial charge in [0.05, 0.1) is 11.8 Å². The first-order chi connectivity index (χ1) is 9.28. The molecule has 1 aliphatic carbocycles. The predicted octanol–water partition coefficient (Wildman–Crippen LogP) is 1.36. The summed E-state index contributed by atoms with van der Waals surface area (Å²) in [7, 11) is 0. The highest BCUT2D eigenvalue weighted by atomic mass is 15.1. The summed E-state index contributed by atoms with van der Waals surface area (Å²) in [6, 6.07) is 4.13. The van der Waals surface area contributed by atoms with Crippen LogP contribution in [0, 0.1) is 11.3 Å². The lowest BCUT2D eigenvalue weighted by atomic mass is 10.1.